The van der Waals surface area contributed by atoms with Crippen LogP contribution in [-0.4, -0.2) is 29.0 Å². The lowest BCUT2D eigenvalue weighted by molar-refractivity contribution is -0.386. The van der Waals surface area contributed by atoms with E-state index < -0.39 is 16.4 Å². The summed E-state index contributed by atoms with van der Waals surface area (Å²) in [5.41, 5.74) is 1.74. The molecule has 138 valence electrons. The van der Waals surface area contributed by atoms with E-state index in [-0.39, 0.29) is 9.26 Å². The number of hydrogen-bond donors (Lipinski definition) is 1. The van der Waals surface area contributed by atoms with Crippen molar-refractivity contribution >= 4 is 45.6 Å². The van der Waals surface area contributed by atoms with Gasteiger partial charge in [-0.25, -0.2) is 9.97 Å². The quantitative estimate of drug-likeness (QED) is 0.327. The number of aromatic nitrogens is 2. The van der Waals surface area contributed by atoms with Gasteiger partial charge in [0.05, 0.1) is 8.49 Å². The summed E-state index contributed by atoms with van der Waals surface area (Å²) in [6.45, 7) is 0. The van der Waals surface area contributed by atoms with E-state index in [1.54, 1.807) is 58.1 Å². The van der Waals surface area contributed by atoms with Crippen LogP contribution in [0.4, 0.5) is 27.4 Å². The predicted octanol–water partition coefficient (Wildman–Crippen LogP) is 4.61. The third kappa shape index (κ3) is 4.13. The summed E-state index contributed by atoms with van der Waals surface area (Å²) in [4.78, 5) is 20.9. The molecule has 0 atom stereocenters. The Balaban J connectivity index is 1.93. The Morgan fingerprint density at radius 2 is 1.85 bits per heavy atom. The molecule has 0 saturated heterocycles. The van der Waals surface area contributed by atoms with Crippen LogP contribution in [0, 0.1) is 19.5 Å². The lowest BCUT2D eigenvalue weighted by Crippen LogP contribution is -2.12. The number of nitrogens with one attached hydrogen (secondary N) is 1. The van der Waals surface area contributed by atoms with Gasteiger partial charge in [-0.3, -0.25) is 10.1 Å². The van der Waals surface area contributed by atoms with Crippen LogP contribution in [0.15, 0.2) is 48.8 Å². The molecule has 0 unspecified atom stereocenters. The SMILES string of the molecule is CN(C)c1ncc(-c2cccc(Nc3ccc(I)c(F)c3[N+](=O)[O-])c2)cn1. The summed E-state index contributed by atoms with van der Waals surface area (Å²) < 4.78 is 14.3. The molecule has 2 aromatic carbocycles. The average Bonchev–Trinajstić information content (AvgIpc) is 2.65. The van der Waals surface area contributed by atoms with Crippen LogP contribution in [0.2, 0.25) is 0 Å². The molecule has 0 bridgehead atoms. The Kier molecular flexibility index (Phi) is 5.49. The van der Waals surface area contributed by atoms with Gasteiger partial charge in [0.2, 0.25) is 11.8 Å². The topological polar surface area (TPSA) is 84.2 Å². The average molecular weight is 479 g/mol. The number of halogens is 2. The summed E-state index contributed by atoms with van der Waals surface area (Å²) in [5, 5.41) is 14.2. The molecule has 27 heavy (non-hydrogen) atoms. The van der Waals surface area contributed by atoms with Gasteiger partial charge in [0, 0.05) is 37.7 Å². The van der Waals surface area contributed by atoms with Gasteiger partial charge in [-0.1, -0.05) is 12.1 Å². The molecule has 0 aliphatic carbocycles. The van der Waals surface area contributed by atoms with Gasteiger partial charge in [0.1, 0.15) is 5.69 Å². The minimum absolute atomic E-state index is 0.0919. The van der Waals surface area contributed by atoms with E-state index >= 15 is 0 Å². The molecular weight excluding hydrogens is 464 g/mol. The molecule has 9 heteroatoms. The summed E-state index contributed by atoms with van der Waals surface area (Å²) in [5.74, 6) is -0.257. The molecular formula is C18H15FIN5O2. The van der Waals surface area contributed by atoms with E-state index in [9.17, 15) is 14.5 Å². The first-order valence-electron chi connectivity index (χ1n) is 7.86. The summed E-state index contributed by atoms with van der Waals surface area (Å²) >= 11 is 1.73. The van der Waals surface area contributed by atoms with Crippen LogP contribution in [0.25, 0.3) is 11.1 Å². The van der Waals surface area contributed by atoms with E-state index in [1.807, 2.05) is 20.2 Å². The number of hydrogen-bond acceptors (Lipinski definition) is 6. The highest BCUT2D eigenvalue weighted by atomic mass is 127. The number of nitro groups is 1. The third-order valence-corrected chi connectivity index (χ3v) is 4.60. The summed E-state index contributed by atoms with van der Waals surface area (Å²) in [6.07, 6.45) is 3.41. The minimum atomic E-state index is -0.852. The molecule has 3 aromatic rings. The molecule has 0 fully saturated rings. The van der Waals surface area contributed by atoms with Gasteiger partial charge in [-0.2, -0.15) is 4.39 Å². The van der Waals surface area contributed by atoms with Gasteiger partial charge in [0.15, 0.2) is 0 Å². The van der Waals surface area contributed by atoms with Crippen LogP contribution in [0.1, 0.15) is 0 Å². The van der Waals surface area contributed by atoms with Crippen molar-refractivity contribution in [3.8, 4) is 11.1 Å². The lowest BCUT2D eigenvalue weighted by atomic mass is 10.1. The van der Waals surface area contributed by atoms with E-state index in [2.05, 4.69) is 15.3 Å². The molecule has 1 heterocycles. The van der Waals surface area contributed by atoms with Gasteiger partial charge >= 0.3 is 5.69 Å². The highest BCUT2D eigenvalue weighted by molar-refractivity contribution is 14.1. The second kappa shape index (κ2) is 7.82. The fourth-order valence-corrected chi connectivity index (χ4v) is 2.89. The first kappa shape index (κ1) is 19.0. The Labute approximate surface area is 168 Å². The molecule has 1 N–H and O–H groups in total. The smallest absolute Gasteiger partial charge is 0.329 e. The largest absolute Gasteiger partial charge is 0.350 e. The van der Waals surface area contributed by atoms with Crippen molar-refractivity contribution in [2.75, 3.05) is 24.3 Å². The summed E-state index contributed by atoms with van der Waals surface area (Å²) in [7, 11) is 3.71. The van der Waals surface area contributed by atoms with E-state index in [0.717, 1.165) is 11.1 Å². The molecule has 1 aromatic heterocycles. The molecule has 7 nitrogen and oxygen atoms in total. The summed E-state index contributed by atoms with van der Waals surface area (Å²) in [6, 6.07) is 10.2. The first-order chi connectivity index (χ1) is 12.9. The van der Waals surface area contributed by atoms with Crippen LogP contribution in [0.5, 0.6) is 0 Å². The number of rotatable bonds is 5. The molecule has 0 aliphatic rings. The van der Waals surface area contributed by atoms with Crippen molar-refractivity contribution in [3.05, 3.63) is 68.3 Å². The zero-order valence-corrected chi connectivity index (χ0v) is 16.6. The number of nitro benzene ring substituents is 1. The number of nitrogens with zero attached hydrogens (tertiary/aromatic N) is 4. The van der Waals surface area contributed by atoms with E-state index in [0.29, 0.717) is 11.6 Å². The second-order valence-corrected chi connectivity index (χ2v) is 7.05. The molecule has 0 saturated carbocycles. The van der Waals surface area contributed by atoms with Crippen molar-refractivity contribution in [1.82, 2.24) is 9.97 Å². The van der Waals surface area contributed by atoms with Crippen LogP contribution < -0.4 is 10.2 Å². The van der Waals surface area contributed by atoms with Crippen LogP contribution >= 0.6 is 22.6 Å². The van der Waals surface area contributed by atoms with Crippen molar-refractivity contribution in [2.45, 2.75) is 0 Å². The Morgan fingerprint density at radius 1 is 1.15 bits per heavy atom. The Hall–Kier alpha value is -2.82. The van der Waals surface area contributed by atoms with Gasteiger partial charge in [-0.05, 0) is 52.4 Å². The Bertz CT molecular complexity index is 996. The lowest BCUT2D eigenvalue weighted by Gasteiger charge is -2.11. The monoisotopic (exact) mass is 479 g/mol. The highest BCUT2D eigenvalue weighted by Crippen LogP contribution is 2.33. The number of benzene rings is 2. The highest BCUT2D eigenvalue weighted by Gasteiger charge is 2.23. The molecule has 0 spiro atoms. The third-order valence-electron chi connectivity index (χ3n) is 3.76. The standard InChI is InChI=1S/C18H15FIN5O2/c1-24(2)18-21-9-12(10-22-18)11-4-3-5-13(8-11)23-15-7-6-14(20)16(19)17(15)25(26)27/h3-10,23H,1-2H3. The maximum atomic E-state index is 14.2. The van der Waals surface area contributed by atoms with Crippen molar-refractivity contribution in [3.63, 3.8) is 0 Å². The van der Waals surface area contributed by atoms with Crippen molar-refractivity contribution in [1.29, 1.82) is 0 Å². The maximum absolute atomic E-state index is 14.2. The zero-order valence-electron chi connectivity index (χ0n) is 14.5. The molecule has 0 radical (unpaired) electrons. The van der Waals surface area contributed by atoms with Crippen LogP contribution in [-0.2, 0) is 0 Å². The van der Waals surface area contributed by atoms with E-state index in [4.69, 9.17) is 0 Å². The fourth-order valence-electron chi connectivity index (χ4n) is 2.45. The first-order valence-corrected chi connectivity index (χ1v) is 8.94. The van der Waals surface area contributed by atoms with Gasteiger partial charge in [0.25, 0.3) is 0 Å². The fraction of sp³-hybridized carbons (Fsp3) is 0.111. The molecule has 0 amide bonds. The van der Waals surface area contributed by atoms with Crippen LogP contribution in [0.3, 0.4) is 0 Å². The normalized spacial score (nSPS) is 10.5. The molecule has 3 rings (SSSR count). The maximum Gasteiger partial charge on any atom is 0.329 e. The minimum Gasteiger partial charge on any atom is -0.350 e. The van der Waals surface area contributed by atoms with Gasteiger partial charge < -0.3 is 10.2 Å². The second-order valence-electron chi connectivity index (χ2n) is 5.89. The van der Waals surface area contributed by atoms with Gasteiger partial charge in [-0.15, -0.1) is 0 Å². The van der Waals surface area contributed by atoms with Crippen molar-refractivity contribution in [2.24, 2.45) is 0 Å². The Morgan fingerprint density at radius 3 is 2.48 bits per heavy atom. The predicted molar refractivity (Wildman–Crippen MR) is 111 cm³/mol. The number of anilines is 3. The van der Waals surface area contributed by atoms with Crippen molar-refractivity contribution < 1.29 is 9.31 Å². The molecule has 0 aliphatic heterocycles. The zero-order chi connectivity index (χ0) is 19.6. The van der Waals surface area contributed by atoms with E-state index in [1.165, 1.54) is 12.1 Å².